The molecule has 0 aliphatic carbocycles. The molecule has 1 heterocycles. The molecule has 0 aliphatic heterocycles. The van der Waals surface area contributed by atoms with Crippen LogP contribution in [0.3, 0.4) is 0 Å². The fraction of sp³-hybridized carbons (Fsp3) is 0.158. The number of halogens is 2. The fourth-order valence-electron chi connectivity index (χ4n) is 2.34. The van der Waals surface area contributed by atoms with Crippen molar-refractivity contribution < 1.29 is 9.47 Å². The van der Waals surface area contributed by atoms with Gasteiger partial charge in [0.05, 0.1) is 23.4 Å². The molecule has 3 aromatic rings. The second-order valence-corrected chi connectivity index (χ2v) is 6.71. The first-order valence-corrected chi connectivity index (χ1v) is 9.19. The van der Waals surface area contributed by atoms with Gasteiger partial charge in [0.25, 0.3) is 0 Å². The van der Waals surface area contributed by atoms with Crippen LogP contribution in [0.5, 0.6) is 11.5 Å². The third-order valence-electron chi connectivity index (χ3n) is 3.83. The number of H-pyrrole nitrogens is 1. The van der Waals surface area contributed by atoms with Crippen LogP contribution in [-0.2, 0) is 6.61 Å². The van der Waals surface area contributed by atoms with E-state index in [0.29, 0.717) is 33.8 Å². The quantitative estimate of drug-likeness (QED) is 0.433. The van der Waals surface area contributed by atoms with Gasteiger partial charge in [0, 0.05) is 0 Å². The van der Waals surface area contributed by atoms with Gasteiger partial charge in [-0.3, -0.25) is 5.43 Å². The smallest absolute Gasteiger partial charge is 0.363 e. The lowest BCUT2D eigenvalue weighted by Gasteiger charge is -2.11. The van der Waals surface area contributed by atoms with Crippen LogP contribution >= 0.6 is 23.2 Å². The zero-order chi connectivity index (χ0) is 20.8. The van der Waals surface area contributed by atoms with E-state index in [1.54, 1.807) is 44.5 Å². The largest absolute Gasteiger partial charge is 0.493 e. The van der Waals surface area contributed by atoms with Crippen molar-refractivity contribution in [3.05, 3.63) is 73.7 Å². The van der Waals surface area contributed by atoms with Gasteiger partial charge in [0.1, 0.15) is 12.3 Å². The Morgan fingerprint density at radius 1 is 1.17 bits per heavy atom. The first kappa shape index (κ1) is 20.6. The molecule has 1 aromatic heterocycles. The molecule has 2 aromatic carbocycles. The summed E-state index contributed by atoms with van der Waals surface area (Å²) >= 11 is 12.0. The van der Waals surface area contributed by atoms with Gasteiger partial charge < -0.3 is 9.47 Å². The molecular weight excluding hydrogens is 417 g/mol. The van der Waals surface area contributed by atoms with Crippen LogP contribution in [0.25, 0.3) is 0 Å². The summed E-state index contributed by atoms with van der Waals surface area (Å²) in [5, 5.41) is 11.1. The summed E-state index contributed by atoms with van der Waals surface area (Å²) in [6, 6.07) is 10.7. The van der Waals surface area contributed by atoms with Crippen molar-refractivity contribution in [2.45, 2.75) is 13.5 Å². The molecule has 29 heavy (non-hydrogen) atoms. The number of rotatable bonds is 7. The van der Waals surface area contributed by atoms with Gasteiger partial charge in [-0.05, 0) is 48.4 Å². The zero-order valence-corrected chi connectivity index (χ0v) is 17.1. The molecule has 0 aliphatic rings. The maximum Gasteiger partial charge on any atom is 0.363 e. The van der Waals surface area contributed by atoms with Crippen LogP contribution in [0.2, 0.25) is 10.0 Å². The average Bonchev–Trinajstić information content (AvgIpc) is 2.71. The monoisotopic (exact) mass is 433 g/mol. The van der Waals surface area contributed by atoms with E-state index in [4.69, 9.17) is 32.7 Å². The maximum absolute atomic E-state index is 11.2. The van der Waals surface area contributed by atoms with E-state index in [0.717, 1.165) is 11.1 Å². The Hall–Kier alpha value is -3.10. The van der Waals surface area contributed by atoms with Crippen LogP contribution in [0.1, 0.15) is 16.8 Å². The highest BCUT2D eigenvalue weighted by Gasteiger charge is 2.07. The van der Waals surface area contributed by atoms with Crippen molar-refractivity contribution >= 4 is 35.2 Å². The number of nitrogens with zero attached hydrogens (tertiary/aromatic N) is 3. The van der Waals surface area contributed by atoms with Gasteiger partial charge >= 0.3 is 5.69 Å². The number of methoxy groups -OCH3 is 1. The molecule has 0 amide bonds. The third-order valence-corrected chi connectivity index (χ3v) is 4.56. The number of hydrazone groups is 1. The predicted molar refractivity (Wildman–Crippen MR) is 112 cm³/mol. The summed E-state index contributed by atoms with van der Waals surface area (Å²) in [6.07, 6.45) is 1.56. The van der Waals surface area contributed by atoms with Crippen molar-refractivity contribution in [3.8, 4) is 11.5 Å². The second kappa shape index (κ2) is 9.40. The third kappa shape index (κ3) is 5.46. The van der Waals surface area contributed by atoms with Crippen LogP contribution < -0.4 is 20.6 Å². The van der Waals surface area contributed by atoms with Gasteiger partial charge in [-0.1, -0.05) is 29.3 Å². The molecule has 0 bridgehead atoms. The summed E-state index contributed by atoms with van der Waals surface area (Å²) in [7, 11) is 1.55. The molecular formula is C19H17Cl2N5O3. The summed E-state index contributed by atoms with van der Waals surface area (Å²) in [5.74, 6) is 1.39. The normalized spacial score (nSPS) is 10.9. The van der Waals surface area contributed by atoms with E-state index >= 15 is 0 Å². The van der Waals surface area contributed by atoms with Gasteiger partial charge in [0.15, 0.2) is 17.3 Å². The van der Waals surface area contributed by atoms with E-state index in [-0.39, 0.29) is 5.82 Å². The molecule has 0 saturated heterocycles. The number of anilines is 1. The molecule has 10 heteroatoms. The lowest BCUT2D eigenvalue weighted by Crippen LogP contribution is -2.15. The molecule has 2 N–H and O–H groups in total. The first-order chi connectivity index (χ1) is 14.0. The lowest BCUT2D eigenvalue weighted by molar-refractivity contribution is 0.284. The standard InChI is InChI=1S/C19H17Cl2N5O3/c1-11-18(23-19(27)26-24-11)25-22-9-12-4-6-16(17(8-12)28-2)29-10-13-3-5-14(20)15(21)7-13/h3-9H,10H2,1-2H3,(H2,23,25,26,27)/b22-9-. The van der Waals surface area contributed by atoms with Crippen molar-refractivity contribution in [1.82, 2.24) is 15.2 Å². The molecule has 0 spiro atoms. The number of aromatic nitrogens is 3. The van der Waals surface area contributed by atoms with E-state index in [9.17, 15) is 4.79 Å². The van der Waals surface area contributed by atoms with Gasteiger partial charge in [-0.15, -0.1) is 0 Å². The van der Waals surface area contributed by atoms with Crippen molar-refractivity contribution in [2.24, 2.45) is 5.10 Å². The van der Waals surface area contributed by atoms with Crippen LogP contribution in [0.4, 0.5) is 5.82 Å². The Balaban J connectivity index is 1.68. The number of aryl methyl sites for hydroxylation is 1. The lowest BCUT2D eigenvalue weighted by atomic mass is 10.2. The SMILES string of the molecule is COc1cc(/C=N\Nc2nc(=O)[nH]nc2C)ccc1OCc1ccc(Cl)c(Cl)c1. The fourth-order valence-corrected chi connectivity index (χ4v) is 2.66. The van der Waals surface area contributed by atoms with Gasteiger partial charge in [-0.25, -0.2) is 9.89 Å². The minimum atomic E-state index is -0.557. The van der Waals surface area contributed by atoms with E-state index in [1.165, 1.54) is 0 Å². The van der Waals surface area contributed by atoms with Crippen LogP contribution in [0.15, 0.2) is 46.3 Å². The second-order valence-electron chi connectivity index (χ2n) is 5.89. The number of hydrogen-bond acceptors (Lipinski definition) is 7. The van der Waals surface area contributed by atoms with E-state index in [1.807, 2.05) is 12.1 Å². The van der Waals surface area contributed by atoms with Crippen LogP contribution in [0, 0.1) is 6.92 Å². The molecule has 0 radical (unpaired) electrons. The Kier molecular flexibility index (Phi) is 6.69. The Labute approximate surface area is 176 Å². The van der Waals surface area contributed by atoms with Gasteiger partial charge in [0.2, 0.25) is 0 Å². The molecule has 8 nitrogen and oxygen atoms in total. The number of ether oxygens (including phenoxy) is 2. The number of nitrogens with one attached hydrogen (secondary N) is 2. The topological polar surface area (TPSA) is 101 Å². The predicted octanol–water partition coefficient (Wildman–Crippen LogP) is 3.81. The highest BCUT2D eigenvalue weighted by molar-refractivity contribution is 6.42. The molecule has 0 atom stereocenters. The number of aromatic amines is 1. The summed E-state index contributed by atoms with van der Waals surface area (Å²) in [6.45, 7) is 2.01. The molecule has 0 unspecified atom stereocenters. The highest BCUT2D eigenvalue weighted by atomic mass is 35.5. The number of benzene rings is 2. The molecule has 3 rings (SSSR count). The Bertz CT molecular complexity index is 1100. The average molecular weight is 434 g/mol. The molecule has 0 fully saturated rings. The summed E-state index contributed by atoms with van der Waals surface area (Å²) in [4.78, 5) is 15.0. The Morgan fingerprint density at radius 2 is 2.00 bits per heavy atom. The number of hydrogen-bond donors (Lipinski definition) is 2. The van der Waals surface area contributed by atoms with Crippen molar-refractivity contribution in [1.29, 1.82) is 0 Å². The summed E-state index contributed by atoms with van der Waals surface area (Å²) < 4.78 is 11.2. The maximum atomic E-state index is 11.2. The minimum Gasteiger partial charge on any atom is -0.493 e. The van der Waals surface area contributed by atoms with Crippen molar-refractivity contribution in [3.63, 3.8) is 0 Å². The van der Waals surface area contributed by atoms with Crippen LogP contribution in [-0.4, -0.2) is 28.5 Å². The molecule has 150 valence electrons. The molecule has 0 saturated carbocycles. The Morgan fingerprint density at radius 3 is 2.76 bits per heavy atom. The minimum absolute atomic E-state index is 0.276. The summed E-state index contributed by atoms with van der Waals surface area (Å²) in [5.41, 5.74) is 4.29. The van der Waals surface area contributed by atoms with Gasteiger partial charge in [-0.2, -0.15) is 15.2 Å². The van der Waals surface area contributed by atoms with E-state index < -0.39 is 5.69 Å². The highest BCUT2D eigenvalue weighted by Crippen LogP contribution is 2.29. The van der Waals surface area contributed by atoms with Crippen molar-refractivity contribution in [2.75, 3.05) is 12.5 Å². The van der Waals surface area contributed by atoms with E-state index in [2.05, 4.69) is 25.7 Å². The first-order valence-electron chi connectivity index (χ1n) is 8.43. The zero-order valence-electron chi connectivity index (χ0n) is 15.6.